The van der Waals surface area contributed by atoms with Gasteiger partial charge in [0.15, 0.2) is 6.61 Å². The first-order valence-electron chi connectivity index (χ1n) is 8.49. The van der Waals surface area contributed by atoms with E-state index in [2.05, 4.69) is 4.57 Å². The van der Waals surface area contributed by atoms with Gasteiger partial charge in [-0.3, -0.25) is 4.79 Å². The summed E-state index contributed by atoms with van der Waals surface area (Å²) in [6.45, 7) is 5.76. The van der Waals surface area contributed by atoms with Gasteiger partial charge in [-0.05, 0) is 32.8 Å². The molecule has 1 fully saturated rings. The van der Waals surface area contributed by atoms with Crippen LogP contribution in [0.3, 0.4) is 0 Å². The molecule has 0 aromatic carbocycles. The zero-order chi connectivity index (χ0) is 17.8. The van der Waals surface area contributed by atoms with E-state index in [0.717, 1.165) is 37.4 Å². The molecule has 1 saturated heterocycles. The van der Waals surface area contributed by atoms with Crippen LogP contribution in [0, 0.1) is 13.8 Å². The SMILES string of the molecule is Cc1cc(C(=O)COC(=O)C2=COCCO2)c(C)n1CC1CCCO1. The summed E-state index contributed by atoms with van der Waals surface area (Å²) >= 11 is 0. The summed E-state index contributed by atoms with van der Waals surface area (Å²) in [7, 11) is 0. The van der Waals surface area contributed by atoms with Gasteiger partial charge in [0.25, 0.3) is 0 Å². The van der Waals surface area contributed by atoms with E-state index in [0.29, 0.717) is 18.8 Å². The molecule has 7 heteroatoms. The minimum Gasteiger partial charge on any atom is -0.493 e. The second-order valence-corrected chi connectivity index (χ2v) is 6.23. The first-order chi connectivity index (χ1) is 12.1. The number of carbonyl (C=O) groups excluding carboxylic acids is 2. The number of aromatic nitrogens is 1. The van der Waals surface area contributed by atoms with Gasteiger partial charge in [0.1, 0.15) is 19.5 Å². The number of Topliss-reactive ketones (excluding diaryl/α,β-unsaturated/α-hetero) is 1. The molecule has 25 heavy (non-hydrogen) atoms. The molecular weight excluding hydrogens is 326 g/mol. The standard InChI is InChI=1S/C18H23NO6/c1-12-8-15(13(2)19(12)9-14-4-3-5-23-14)16(20)10-25-18(21)17-11-22-6-7-24-17/h8,11,14H,3-7,9-10H2,1-2H3. The van der Waals surface area contributed by atoms with E-state index < -0.39 is 5.97 Å². The Morgan fingerprint density at radius 1 is 1.28 bits per heavy atom. The summed E-state index contributed by atoms with van der Waals surface area (Å²) in [6, 6.07) is 1.83. The van der Waals surface area contributed by atoms with Crippen LogP contribution in [0.1, 0.15) is 34.6 Å². The van der Waals surface area contributed by atoms with Crippen LogP contribution >= 0.6 is 0 Å². The lowest BCUT2D eigenvalue weighted by Crippen LogP contribution is -2.21. The summed E-state index contributed by atoms with van der Waals surface area (Å²) in [5, 5.41) is 0. The number of aryl methyl sites for hydroxylation is 1. The van der Waals surface area contributed by atoms with E-state index in [4.69, 9.17) is 18.9 Å². The number of nitrogens with zero attached hydrogens (tertiary/aromatic N) is 1. The summed E-state index contributed by atoms with van der Waals surface area (Å²) in [4.78, 5) is 24.3. The van der Waals surface area contributed by atoms with E-state index in [1.54, 1.807) is 0 Å². The molecule has 0 radical (unpaired) electrons. The Hall–Kier alpha value is -2.28. The summed E-state index contributed by atoms with van der Waals surface area (Å²) in [5.74, 6) is -0.943. The summed E-state index contributed by atoms with van der Waals surface area (Å²) < 4.78 is 22.9. The number of esters is 1. The third-order valence-corrected chi connectivity index (χ3v) is 4.47. The van der Waals surface area contributed by atoms with Crippen molar-refractivity contribution in [3.63, 3.8) is 0 Å². The van der Waals surface area contributed by atoms with Gasteiger partial charge >= 0.3 is 5.97 Å². The predicted octanol–water partition coefficient (Wildman–Crippen LogP) is 1.90. The van der Waals surface area contributed by atoms with Crippen molar-refractivity contribution in [2.45, 2.75) is 39.3 Å². The lowest BCUT2D eigenvalue weighted by molar-refractivity contribution is -0.143. The van der Waals surface area contributed by atoms with E-state index >= 15 is 0 Å². The maximum absolute atomic E-state index is 12.4. The predicted molar refractivity (Wildman–Crippen MR) is 88.2 cm³/mol. The second kappa shape index (κ2) is 7.74. The molecule has 7 nitrogen and oxygen atoms in total. The average molecular weight is 349 g/mol. The molecule has 0 aliphatic carbocycles. The molecule has 0 saturated carbocycles. The summed E-state index contributed by atoms with van der Waals surface area (Å²) in [6.07, 6.45) is 3.52. The first kappa shape index (κ1) is 17.5. The Morgan fingerprint density at radius 3 is 2.80 bits per heavy atom. The number of hydrogen-bond acceptors (Lipinski definition) is 6. The van der Waals surface area contributed by atoms with Crippen LogP contribution in [0.4, 0.5) is 0 Å². The molecule has 2 aliphatic rings. The van der Waals surface area contributed by atoms with Crippen molar-refractivity contribution >= 4 is 11.8 Å². The van der Waals surface area contributed by atoms with Crippen molar-refractivity contribution in [2.24, 2.45) is 0 Å². The van der Waals surface area contributed by atoms with Crippen molar-refractivity contribution in [3.8, 4) is 0 Å². The third-order valence-electron chi connectivity index (χ3n) is 4.47. The fourth-order valence-corrected chi connectivity index (χ4v) is 3.11. The van der Waals surface area contributed by atoms with E-state index in [1.165, 1.54) is 6.26 Å². The molecule has 0 spiro atoms. The minimum absolute atomic E-state index is 0.0112. The Kier molecular flexibility index (Phi) is 5.43. The fourth-order valence-electron chi connectivity index (χ4n) is 3.11. The van der Waals surface area contributed by atoms with Gasteiger partial charge in [-0.25, -0.2) is 4.79 Å². The molecule has 1 aromatic rings. The van der Waals surface area contributed by atoms with Crippen molar-refractivity contribution < 1.29 is 28.5 Å². The molecular formula is C18H23NO6. The zero-order valence-corrected chi connectivity index (χ0v) is 14.6. The number of ether oxygens (including phenoxy) is 4. The quantitative estimate of drug-likeness (QED) is 0.577. The molecule has 3 heterocycles. The van der Waals surface area contributed by atoms with E-state index in [1.807, 2.05) is 19.9 Å². The van der Waals surface area contributed by atoms with Crippen LogP contribution in [-0.4, -0.2) is 48.9 Å². The Labute approximate surface area is 146 Å². The van der Waals surface area contributed by atoms with Crippen LogP contribution in [0.25, 0.3) is 0 Å². The van der Waals surface area contributed by atoms with Gasteiger partial charge in [-0.15, -0.1) is 0 Å². The second-order valence-electron chi connectivity index (χ2n) is 6.23. The molecule has 1 aromatic heterocycles. The highest BCUT2D eigenvalue weighted by atomic mass is 16.6. The third kappa shape index (κ3) is 4.04. The maximum atomic E-state index is 12.4. The van der Waals surface area contributed by atoms with Crippen LogP contribution in [0.15, 0.2) is 18.1 Å². The van der Waals surface area contributed by atoms with Gasteiger partial charge in [-0.1, -0.05) is 0 Å². The molecule has 3 rings (SSSR count). The highest BCUT2D eigenvalue weighted by Crippen LogP contribution is 2.21. The number of hydrogen-bond donors (Lipinski definition) is 0. The van der Waals surface area contributed by atoms with Crippen LogP contribution in [0.5, 0.6) is 0 Å². The lowest BCUT2D eigenvalue weighted by atomic mass is 10.1. The Bertz CT molecular complexity index is 684. The monoisotopic (exact) mass is 349 g/mol. The summed E-state index contributed by atoms with van der Waals surface area (Å²) in [5.41, 5.74) is 2.43. The van der Waals surface area contributed by atoms with Crippen molar-refractivity contribution in [1.82, 2.24) is 4.57 Å². The van der Waals surface area contributed by atoms with Gasteiger partial charge in [0.2, 0.25) is 11.5 Å². The fraction of sp³-hybridized carbons (Fsp3) is 0.556. The normalized spacial score (nSPS) is 19.8. The van der Waals surface area contributed by atoms with Gasteiger partial charge in [0, 0.05) is 30.1 Å². The topological polar surface area (TPSA) is 76.0 Å². The lowest BCUT2D eigenvalue weighted by Gasteiger charge is -2.15. The zero-order valence-electron chi connectivity index (χ0n) is 14.6. The molecule has 0 amide bonds. The molecule has 1 atom stereocenters. The van der Waals surface area contributed by atoms with E-state index in [-0.39, 0.29) is 24.3 Å². The molecule has 0 bridgehead atoms. The van der Waals surface area contributed by atoms with Crippen molar-refractivity contribution in [3.05, 3.63) is 35.0 Å². The Balaban J connectivity index is 1.61. The van der Waals surface area contributed by atoms with Gasteiger partial charge in [0.05, 0.1) is 6.10 Å². The first-order valence-corrected chi connectivity index (χ1v) is 8.49. The molecule has 2 aliphatic heterocycles. The van der Waals surface area contributed by atoms with E-state index in [9.17, 15) is 9.59 Å². The van der Waals surface area contributed by atoms with Crippen LogP contribution in [-0.2, 0) is 30.3 Å². The van der Waals surface area contributed by atoms with Crippen LogP contribution < -0.4 is 0 Å². The highest BCUT2D eigenvalue weighted by molar-refractivity contribution is 6.00. The van der Waals surface area contributed by atoms with Gasteiger partial charge < -0.3 is 23.5 Å². The average Bonchev–Trinajstić information content (AvgIpc) is 3.24. The van der Waals surface area contributed by atoms with Crippen molar-refractivity contribution in [2.75, 3.05) is 26.4 Å². The van der Waals surface area contributed by atoms with Crippen LogP contribution in [0.2, 0.25) is 0 Å². The number of carbonyl (C=O) groups is 2. The van der Waals surface area contributed by atoms with Crippen molar-refractivity contribution in [1.29, 1.82) is 0 Å². The number of rotatable bonds is 6. The molecule has 1 unspecified atom stereocenters. The molecule has 136 valence electrons. The number of ketones is 1. The highest BCUT2D eigenvalue weighted by Gasteiger charge is 2.23. The van der Waals surface area contributed by atoms with Gasteiger partial charge in [-0.2, -0.15) is 0 Å². The molecule has 0 N–H and O–H groups in total. The minimum atomic E-state index is -0.693. The smallest absolute Gasteiger partial charge is 0.377 e. The largest absolute Gasteiger partial charge is 0.493 e. The Morgan fingerprint density at radius 2 is 2.12 bits per heavy atom. The maximum Gasteiger partial charge on any atom is 0.377 e.